The Bertz CT molecular complexity index is 672. The molecule has 0 amide bonds. The van der Waals surface area contributed by atoms with Crippen molar-refractivity contribution in [3.63, 3.8) is 0 Å². The van der Waals surface area contributed by atoms with Crippen LogP contribution in [0.15, 0.2) is 0 Å². The monoisotopic (exact) mass is 486 g/mol. The SMILES string of the molecule is CC(C)(CC(CCCCS(=O)(=O)CCCC[N+](C)(C)CC(=O)O)C(F)(F)F)C(F)(F)F. The van der Waals surface area contributed by atoms with Gasteiger partial charge in [0.2, 0.25) is 0 Å². The molecule has 0 heterocycles. The van der Waals surface area contributed by atoms with Crippen molar-refractivity contribution in [1.29, 1.82) is 0 Å². The highest BCUT2D eigenvalue weighted by molar-refractivity contribution is 7.91. The quantitative estimate of drug-likeness (QED) is 0.220. The maximum absolute atomic E-state index is 13.2. The highest BCUT2D eigenvalue weighted by Gasteiger charge is 2.52. The lowest BCUT2D eigenvalue weighted by molar-refractivity contribution is -0.883. The van der Waals surface area contributed by atoms with Crippen molar-refractivity contribution in [2.75, 3.05) is 38.7 Å². The molecule has 186 valence electrons. The van der Waals surface area contributed by atoms with Crippen LogP contribution in [0, 0.1) is 11.3 Å². The number of rotatable bonds is 14. The van der Waals surface area contributed by atoms with Gasteiger partial charge in [-0.1, -0.05) is 20.3 Å². The van der Waals surface area contributed by atoms with Crippen molar-refractivity contribution in [2.24, 2.45) is 11.3 Å². The summed E-state index contributed by atoms with van der Waals surface area (Å²) < 4.78 is 103. The van der Waals surface area contributed by atoms with Gasteiger partial charge in [-0.3, -0.25) is 0 Å². The molecular weight excluding hydrogens is 452 g/mol. The van der Waals surface area contributed by atoms with Crippen LogP contribution in [0.3, 0.4) is 0 Å². The molecule has 0 spiro atoms. The minimum absolute atomic E-state index is 0.0536. The second kappa shape index (κ2) is 11.2. The lowest BCUT2D eigenvalue weighted by Crippen LogP contribution is -2.44. The fourth-order valence-electron chi connectivity index (χ4n) is 3.23. The summed E-state index contributed by atoms with van der Waals surface area (Å²) in [5, 5.41) is 8.81. The van der Waals surface area contributed by atoms with E-state index in [9.17, 15) is 39.6 Å². The van der Waals surface area contributed by atoms with Gasteiger partial charge in [-0.05, 0) is 32.1 Å². The zero-order valence-corrected chi connectivity index (χ0v) is 19.3. The van der Waals surface area contributed by atoms with Crippen LogP contribution >= 0.6 is 0 Å². The first-order valence-corrected chi connectivity index (χ1v) is 11.9. The molecule has 31 heavy (non-hydrogen) atoms. The summed E-state index contributed by atoms with van der Waals surface area (Å²) in [4.78, 5) is 10.8. The first kappa shape index (κ1) is 30.0. The third-order valence-electron chi connectivity index (χ3n) is 5.28. The Morgan fingerprint density at radius 1 is 0.935 bits per heavy atom. The fourth-order valence-corrected chi connectivity index (χ4v) is 4.73. The van der Waals surface area contributed by atoms with Crippen molar-refractivity contribution in [3.8, 4) is 0 Å². The van der Waals surface area contributed by atoms with Crippen molar-refractivity contribution < 1.29 is 49.1 Å². The van der Waals surface area contributed by atoms with Crippen LogP contribution in [0.2, 0.25) is 0 Å². The van der Waals surface area contributed by atoms with E-state index in [0.717, 1.165) is 13.8 Å². The highest BCUT2D eigenvalue weighted by Crippen LogP contribution is 2.46. The van der Waals surface area contributed by atoms with E-state index < -0.39 is 52.3 Å². The van der Waals surface area contributed by atoms with Gasteiger partial charge in [-0.2, -0.15) is 26.3 Å². The summed E-state index contributed by atoms with van der Waals surface area (Å²) in [5.41, 5.74) is -2.49. The Morgan fingerprint density at radius 3 is 1.84 bits per heavy atom. The summed E-state index contributed by atoms with van der Waals surface area (Å²) in [6, 6.07) is 0. The van der Waals surface area contributed by atoms with E-state index in [1.165, 1.54) is 0 Å². The van der Waals surface area contributed by atoms with Crippen molar-refractivity contribution >= 4 is 15.8 Å². The first-order chi connectivity index (χ1) is 13.7. The summed E-state index contributed by atoms with van der Waals surface area (Å²) >= 11 is 0. The zero-order valence-electron chi connectivity index (χ0n) is 18.4. The molecule has 0 aliphatic carbocycles. The summed E-state index contributed by atoms with van der Waals surface area (Å²) in [5.74, 6) is -3.60. The van der Waals surface area contributed by atoms with Crippen LogP contribution in [0.1, 0.15) is 52.4 Å². The number of hydrogen-bond donors (Lipinski definition) is 1. The van der Waals surface area contributed by atoms with E-state index in [1.807, 2.05) is 0 Å². The maximum atomic E-state index is 13.2. The standard InChI is InChI=1S/C19H33F6NO4S/c1-17(2,19(23,24)25)13-15(18(20,21)22)9-5-7-11-31(29,30)12-8-6-10-26(3,4)14-16(27)28/h15H,5-14H2,1-4H3/p+1. The number of quaternary nitrogens is 1. The second-order valence-electron chi connectivity index (χ2n) is 9.39. The topological polar surface area (TPSA) is 71.4 Å². The minimum atomic E-state index is -4.79. The lowest BCUT2D eigenvalue weighted by Gasteiger charge is -2.32. The fraction of sp³-hybridized carbons (Fsp3) is 0.947. The Labute approximate surface area is 180 Å². The van der Waals surface area contributed by atoms with Gasteiger partial charge in [0.05, 0.1) is 43.5 Å². The molecule has 0 aromatic heterocycles. The molecule has 1 unspecified atom stereocenters. The third kappa shape index (κ3) is 12.5. The van der Waals surface area contributed by atoms with Gasteiger partial charge in [-0.15, -0.1) is 0 Å². The Kier molecular flexibility index (Phi) is 10.8. The predicted octanol–water partition coefficient (Wildman–Crippen LogP) is 4.67. The Morgan fingerprint density at radius 2 is 1.42 bits per heavy atom. The summed E-state index contributed by atoms with van der Waals surface area (Å²) in [7, 11) is -0.0825. The number of likely N-dealkylation sites (N-methyl/N-ethyl adjacent to an activating group) is 1. The number of halogens is 6. The molecule has 0 radical (unpaired) electrons. The molecule has 0 aromatic carbocycles. The number of hydrogen-bond acceptors (Lipinski definition) is 3. The van der Waals surface area contributed by atoms with Gasteiger partial charge in [0.15, 0.2) is 6.54 Å². The summed E-state index contributed by atoms with van der Waals surface area (Å²) in [6.45, 7) is 1.82. The number of sulfone groups is 1. The molecule has 0 saturated carbocycles. The minimum Gasteiger partial charge on any atom is -0.477 e. The van der Waals surface area contributed by atoms with E-state index in [2.05, 4.69) is 0 Å². The molecule has 0 rings (SSSR count). The highest BCUT2D eigenvalue weighted by atomic mass is 32.2. The second-order valence-corrected chi connectivity index (χ2v) is 11.7. The first-order valence-electron chi connectivity index (χ1n) is 10.1. The zero-order chi connectivity index (χ0) is 24.7. The van der Waals surface area contributed by atoms with Gasteiger partial charge in [0.25, 0.3) is 0 Å². The molecule has 0 saturated heterocycles. The number of carboxylic acids is 1. The van der Waals surface area contributed by atoms with Gasteiger partial charge < -0.3 is 9.59 Å². The molecule has 0 fully saturated rings. The number of carboxylic acid groups (broad SMARTS) is 1. The van der Waals surface area contributed by atoms with Crippen molar-refractivity contribution in [1.82, 2.24) is 0 Å². The van der Waals surface area contributed by atoms with Crippen LogP contribution in [0.5, 0.6) is 0 Å². The van der Waals surface area contributed by atoms with E-state index in [-0.39, 0.29) is 35.4 Å². The number of unbranched alkanes of at least 4 members (excludes halogenated alkanes) is 2. The predicted molar refractivity (Wildman–Crippen MR) is 105 cm³/mol. The third-order valence-corrected chi connectivity index (χ3v) is 7.10. The van der Waals surface area contributed by atoms with Crippen molar-refractivity contribution in [3.05, 3.63) is 0 Å². The Balaban J connectivity index is 4.52. The smallest absolute Gasteiger partial charge is 0.393 e. The maximum Gasteiger partial charge on any atom is 0.393 e. The molecule has 5 nitrogen and oxygen atoms in total. The van der Waals surface area contributed by atoms with E-state index in [4.69, 9.17) is 5.11 Å². The van der Waals surface area contributed by atoms with Crippen molar-refractivity contribution in [2.45, 2.75) is 64.7 Å². The summed E-state index contributed by atoms with van der Waals surface area (Å²) in [6.07, 6.45) is -10.6. The largest absolute Gasteiger partial charge is 0.477 e. The molecular formula is C19H34F6NO4S+. The molecule has 0 aliphatic heterocycles. The van der Waals surface area contributed by atoms with Gasteiger partial charge in [0, 0.05) is 0 Å². The molecule has 0 aliphatic rings. The van der Waals surface area contributed by atoms with Gasteiger partial charge >= 0.3 is 18.3 Å². The van der Waals surface area contributed by atoms with Crippen LogP contribution < -0.4 is 0 Å². The van der Waals surface area contributed by atoms with Crippen LogP contribution in [0.25, 0.3) is 0 Å². The molecule has 1 N–H and O–H groups in total. The van der Waals surface area contributed by atoms with Crippen LogP contribution in [0.4, 0.5) is 26.3 Å². The number of aliphatic carboxylic acids is 1. The number of alkyl halides is 6. The van der Waals surface area contributed by atoms with Gasteiger partial charge in [0.1, 0.15) is 9.84 Å². The molecule has 1 atom stereocenters. The van der Waals surface area contributed by atoms with Gasteiger partial charge in [-0.25, -0.2) is 13.2 Å². The molecule has 0 bridgehead atoms. The van der Waals surface area contributed by atoms with E-state index in [1.54, 1.807) is 14.1 Å². The number of nitrogens with zero attached hydrogens (tertiary/aromatic N) is 1. The van der Waals surface area contributed by atoms with E-state index in [0.29, 0.717) is 19.4 Å². The van der Waals surface area contributed by atoms with Crippen LogP contribution in [-0.4, -0.2) is 75.0 Å². The Hall–Kier alpha value is -1.04. The average molecular weight is 487 g/mol. The normalized spacial score (nSPS) is 15.2. The van der Waals surface area contributed by atoms with Crippen LogP contribution in [-0.2, 0) is 14.6 Å². The molecule has 0 aromatic rings. The molecule has 12 heteroatoms. The van der Waals surface area contributed by atoms with E-state index >= 15 is 0 Å². The number of carbonyl (C=O) groups is 1. The lowest BCUT2D eigenvalue weighted by atomic mass is 9.80. The average Bonchev–Trinajstić information content (AvgIpc) is 2.51.